The second kappa shape index (κ2) is 11.3. The van der Waals surface area contributed by atoms with Gasteiger partial charge in [-0.1, -0.05) is 69.7 Å². The standard InChI is InChI=1S/C30H37F2N/c1-2-3-4-5-6-7-21-8-10-22(11-9-21)23-12-14-24(15-13-23)25-16-17-27-26(18-25)19-29(31)28(20-33)30(27)32/h12-15,19,21-22,25H,2-11,16-18H2,1H3. The largest absolute Gasteiger partial charge is 0.205 e. The lowest BCUT2D eigenvalue weighted by Gasteiger charge is -2.29. The maximum Gasteiger partial charge on any atom is 0.147 e. The molecule has 0 aliphatic heterocycles. The summed E-state index contributed by atoms with van der Waals surface area (Å²) in [5, 5.41) is 9.02. The molecule has 2 aromatic rings. The van der Waals surface area contributed by atoms with E-state index in [1.54, 1.807) is 6.07 Å². The molecule has 1 unspecified atom stereocenters. The van der Waals surface area contributed by atoms with Gasteiger partial charge in [-0.3, -0.25) is 0 Å². The van der Waals surface area contributed by atoms with Crippen molar-refractivity contribution in [3.63, 3.8) is 0 Å². The number of rotatable bonds is 8. The van der Waals surface area contributed by atoms with Crippen LogP contribution in [-0.2, 0) is 12.8 Å². The zero-order chi connectivity index (χ0) is 23.2. The summed E-state index contributed by atoms with van der Waals surface area (Å²) in [5.74, 6) is 0.489. The Bertz CT molecular complexity index is 964. The lowest BCUT2D eigenvalue weighted by molar-refractivity contribution is 0.302. The number of hydrogen-bond acceptors (Lipinski definition) is 1. The van der Waals surface area contributed by atoms with Crippen LogP contribution < -0.4 is 0 Å². The second-order valence-electron chi connectivity index (χ2n) is 10.3. The maximum absolute atomic E-state index is 14.5. The van der Waals surface area contributed by atoms with E-state index >= 15 is 0 Å². The zero-order valence-electron chi connectivity index (χ0n) is 20.0. The van der Waals surface area contributed by atoms with Crippen molar-refractivity contribution in [2.24, 2.45) is 5.92 Å². The van der Waals surface area contributed by atoms with Gasteiger partial charge in [0.15, 0.2) is 0 Å². The van der Waals surface area contributed by atoms with Crippen molar-refractivity contribution >= 4 is 0 Å². The van der Waals surface area contributed by atoms with E-state index in [-0.39, 0.29) is 5.92 Å². The van der Waals surface area contributed by atoms with Crippen LogP contribution in [0.15, 0.2) is 30.3 Å². The zero-order valence-corrected chi connectivity index (χ0v) is 20.0. The molecule has 2 aliphatic carbocycles. The summed E-state index contributed by atoms with van der Waals surface area (Å²) in [6, 6.07) is 12.1. The number of unbranched alkanes of at least 4 members (excludes halogenated alkanes) is 4. The second-order valence-corrected chi connectivity index (χ2v) is 10.3. The first-order valence-electron chi connectivity index (χ1n) is 13.1. The van der Waals surface area contributed by atoms with Gasteiger partial charge in [0.1, 0.15) is 23.3 Å². The first-order chi connectivity index (χ1) is 16.1. The molecule has 2 aromatic carbocycles. The molecule has 0 bridgehead atoms. The highest BCUT2D eigenvalue weighted by Gasteiger charge is 2.27. The third-order valence-corrected chi connectivity index (χ3v) is 8.17. The molecule has 0 saturated heterocycles. The quantitative estimate of drug-likeness (QED) is 0.370. The van der Waals surface area contributed by atoms with Crippen molar-refractivity contribution in [1.29, 1.82) is 5.26 Å². The monoisotopic (exact) mass is 449 g/mol. The van der Waals surface area contributed by atoms with Crippen LogP contribution in [0.2, 0.25) is 0 Å². The molecule has 1 saturated carbocycles. The van der Waals surface area contributed by atoms with Gasteiger partial charge >= 0.3 is 0 Å². The van der Waals surface area contributed by atoms with Crippen LogP contribution >= 0.6 is 0 Å². The maximum atomic E-state index is 14.5. The van der Waals surface area contributed by atoms with Crippen LogP contribution in [0.25, 0.3) is 0 Å². The summed E-state index contributed by atoms with van der Waals surface area (Å²) in [5.41, 5.74) is 3.52. The average Bonchev–Trinajstić information content (AvgIpc) is 2.84. The smallest absolute Gasteiger partial charge is 0.147 e. The highest BCUT2D eigenvalue weighted by atomic mass is 19.1. The van der Waals surface area contributed by atoms with Gasteiger partial charge in [0.25, 0.3) is 0 Å². The van der Waals surface area contributed by atoms with Crippen LogP contribution in [0.1, 0.15) is 117 Å². The molecule has 176 valence electrons. The van der Waals surface area contributed by atoms with Gasteiger partial charge in [0, 0.05) is 0 Å². The van der Waals surface area contributed by atoms with Gasteiger partial charge < -0.3 is 0 Å². The van der Waals surface area contributed by atoms with E-state index in [1.807, 2.05) is 0 Å². The Morgan fingerprint density at radius 3 is 2.21 bits per heavy atom. The predicted octanol–water partition coefficient (Wildman–Crippen LogP) is 8.74. The lowest BCUT2D eigenvalue weighted by atomic mass is 9.76. The minimum absolute atomic E-state index is 0.279. The van der Waals surface area contributed by atoms with Crippen LogP contribution in [0.5, 0.6) is 0 Å². The van der Waals surface area contributed by atoms with Gasteiger partial charge in [-0.15, -0.1) is 0 Å². The van der Waals surface area contributed by atoms with Crippen LogP contribution in [0.4, 0.5) is 8.78 Å². The fourth-order valence-electron chi connectivity index (χ4n) is 6.10. The molecule has 0 aromatic heterocycles. The molecule has 33 heavy (non-hydrogen) atoms. The molecule has 0 spiro atoms. The molecular weight excluding hydrogens is 412 g/mol. The minimum Gasteiger partial charge on any atom is -0.205 e. The van der Waals surface area contributed by atoms with E-state index in [2.05, 4.69) is 31.2 Å². The molecule has 2 aliphatic rings. The Kier molecular flexibility index (Phi) is 8.18. The fourth-order valence-corrected chi connectivity index (χ4v) is 6.10. The number of benzene rings is 2. The van der Waals surface area contributed by atoms with Crippen LogP contribution in [-0.4, -0.2) is 0 Å². The summed E-state index contributed by atoms with van der Waals surface area (Å²) in [6.45, 7) is 2.27. The van der Waals surface area contributed by atoms with Crippen LogP contribution in [0, 0.1) is 28.9 Å². The van der Waals surface area contributed by atoms with Crippen LogP contribution in [0.3, 0.4) is 0 Å². The van der Waals surface area contributed by atoms with Crippen molar-refractivity contribution in [1.82, 2.24) is 0 Å². The first-order valence-corrected chi connectivity index (χ1v) is 13.1. The SMILES string of the molecule is CCCCCCCC1CCC(c2ccc(C3CCc4c(cc(F)c(C#N)c4F)C3)cc2)CC1. The summed E-state index contributed by atoms with van der Waals surface area (Å²) in [4.78, 5) is 0. The predicted molar refractivity (Wildman–Crippen MR) is 130 cm³/mol. The summed E-state index contributed by atoms with van der Waals surface area (Å²) >= 11 is 0. The summed E-state index contributed by atoms with van der Waals surface area (Å²) in [6.07, 6.45) is 15.7. The lowest BCUT2D eigenvalue weighted by Crippen LogP contribution is -2.16. The van der Waals surface area contributed by atoms with Gasteiger partial charge in [-0.25, -0.2) is 8.78 Å². The van der Waals surface area contributed by atoms with Crippen molar-refractivity contribution in [2.75, 3.05) is 0 Å². The number of halogens is 2. The fraction of sp³-hybridized carbons (Fsp3) is 0.567. The highest BCUT2D eigenvalue weighted by Crippen LogP contribution is 2.39. The molecule has 3 heteroatoms. The highest BCUT2D eigenvalue weighted by molar-refractivity contribution is 5.44. The van der Waals surface area contributed by atoms with E-state index in [1.165, 1.54) is 81.4 Å². The molecule has 1 atom stereocenters. The van der Waals surface area contributed by atoms with Crippen molar-refractivity contribution in [3.05, 3.63) is 69.8 Å². The van der Waals surface area contributed by atoms with Crippen molar-refractivity contribution in [2.45, 2.75) is 102 Å². The Morgan fingerprint density at radius 2 is 1.55 bits per heavy atom. The van der Waals surface area contributed by atoms with E-state index in [4.69, 9.17) is 5.26 Å². The summed E-state index contributed by atoms with van der Waals surface area (Å²) < 4.78 is 28.6. The van der Waals surface area contributed by atoms with E-state index in [0.717, 1.165) is 17.9 Å². The van der Waals surface area contributed by atoms with E-state index in [0.29, 0.717) is 24.3 Å². The van der Waals surface area contributed by atoms with Gasteiger partial charge in [-0.05, 0) is 91.0 Å². The number of nitriles is 1. The Balaban J connectivity index is 1.31. The molecule has 1 nitrogen and oxygen atoms in total. The first kappa shape index (κ1) is 23.9. The number of hydrogen-bond donors (Lipinski definition) is 0. The Morgan fingerprint density at radius 1 is 0.879 bits per heavy atom. The van der Waals surface area contributed by atoms with Gasteiger partial charge in [0.2, 0.25) is 0 Å². The molecule has 0 N–H and O–H groups in total. The number of nitrogens with zero attached hydrogens (tertiary/aromatic N) is 1. The van der Waals surface area contributed by atoms with Crippen molar-refractivity contribution in [3.8, 4) is 6.07 Å². The summed E-state index contributed by atoms with van der Waals surface area (Å²) in [7, 11) is 0. The third-order valence-electron chi connectivity index (χ3n) is 8.17. The topological polar surface area (TPSA) is 23.8 Å². The average molecular weight is 450 g/mol. The van der Waals surface area contributed by atoms with Gasteiger partial charge in [-0.2, -0.15) is 5.26 Å². The van der Waals surface area contributed by atoms with Crippen molar-refractivity contribution < 1.29 is 8.78 Å². The normalized spacial score (nSPS) is 22.5. The Labute approximate surface area is 198 Å². The van der Waals surface area contributed by atoms with E-state index < -0.39 is 17.2 Å². The Hall–Kier alpha value is -2.21. The molecule has 4 rings (SSSR count). The van der Waals surface area contributed by atoms with Gasteiger partial charge in [0.05, 0.1) is 0 Å². The molecule has 0 amide bonds. The molecule has 1 fully saturated rings. The molecular formula is C30H37F2N. The minimum atomic E-state index is -0.735. The molecule has 0 heterocycles. The molecule has 0 radical (unpaired) electrons. The third kappa shape index (κ3) is 5.65. The number of fused-ring (bicyclic) bond motifs is 1. The van der Waals surface area contributed by atoms with E-state index in [9.17, 15) is 8.78 Å².